The van der Waals surface area contributed by atoms with Crippen LogP contribution in [0.1, 0.15) is 35.8 Å². The molecule has 0 spiro atoms. The number of nitrogens with zero attached hydrogens (tertiary/aromatic N) is 3. The van der Waals surface area contributed by atoms with E-state index in [-0.39, 0.29) is 11.8 Å². The summed E-state index contributed by atoms with van der Waals surface area (Å²) in [5.41, 5.74) is 8.44. The van der Waals surface area contributed by atoms with Gasteiger partial charge in [0.1, 0.15) is 0 Å². The quantitative estimate of drug-likeness (QED) is 0.499. The fourth-order valence-electron chi connectivity index (χ4n) is 3.82. The number of carbonyl (C=O) groups excluding carboxylic acids is 3. The number of amides is 3. The Balaban J connectivity index is 1.51. The van der Waals surface area contributed by atoms with Gasteiger partial charge in [0.15, 0.2) is 5.13 Å². The minimum atomic E-state index is -0.553. The van der Waals surface area contributed by atoms with Crippen molar-refractivity contribution in [3.63, 3.8) is 0 Å². The smallest absolute Gasteiger partial charge is 0.248 e. The molecule has 3 N–H and O–H groups in total. The average molecular weight is 476 g/mol. The van der Waals surface area contributed by atoms with Gasteiger partial charge in [0.05, 0.1) is 22.8 Å². The number of benzene rings is 2. The van der Waals surface area contributed by atoms with Gasteiger partial charge < -0.3 is 16.0 Å². The second-order valence-corrected chi connectivity index (χ2v) is 8.69. The van der Waals surface area contributed by atoms with E-state index in [9.17, 15) is 14.4 Å². The Morgan fingerprint density at radius 3 is 2.53 bits per heavy atom. The molecule has 174 valence electrons. The van der Waals surface area contributed by atoms with E-state index in [1.165, 1.54) is 29.2 Å². The number of para-hydroxylation sites is 1. The molecule has 1 aliphatic rings. The van der Waals surface area contributed by atoms with Crippen LogP contribution in [0.15, 0.2) is 60.0 Å². The predicted molar refractivity (Wildman–Crippen MR) is 135 cm³/mol. The number of anilines is 4. The zero-order valence-electron chi connectivity index (χ0n) is 18.7. The third kappa shape index (κ3) is 5.32. The summed E-state index contributed by atoms with van der Waals surface area (Å²) in [4.78, 5) is 44.7. The van der Waals surface area contributed by atoms with Crippen molar-refractivity contribution in [1.29, 1.82) is 0 Å². The summed E-state index contributed by atoms with van der Waals surface area (Å²) in [5, 5.41) is 5.16. The van der Waals surface area contributed by atoms with Gasteiger partial charge >= 0.3 is 0 Å². The number of thiazole rings is 1. The molecule has 3 amide bonds. The number of rotatable bonds is 7. The Hall–Kier alpha value is -3.98. The van der Waals surface area contributed by atoms with E-state index in [2.05, 4.69) is 15.2 Å². The van der Waals surface area contributed by atoms with Crippen LogP contribution in [0, 0.1) is 0 Å². The molecule has 0 unspecified atom stereocenters. The van der Waals surface area contributed by atoms with Gasteiger partial charge in [-0.1, -0.05) is 18.2 Å². The first kappa shape index (κ1) is 23.2. The molecule has 1 saturated heterocycles. The van der Waals surface area contributed by atoms with Gasteiger partial charge in [0.25, 0.3) is 0 Å². The van der Waals surface area contributed by atoms with E-state index in [1.54, 1.807) is 23.6 Å². The lowest BCUT2D eigenvalue weighted by Crippen LogP contribution is -2.22. The second-order valence-electron chi connectivity index (χ2n) is 7.86. The molecule has 1 aromatic heterocycles. The summed E-state index contributed by atoms with van der Waals surface area (Å²) in [6.45, 7) is 3.27. The molecule has 0 bridgehead atoms. The summed E-state index contributed by atoms with van der Waals surface area (Å²) < 4.78 is 0. The van der Waals surface area contributed by atoms with Crippen molar-refractivity contribution in [2.45, 2.75) is 19.8 Å². The highest BCUT2D eigenvalue weighted by Crippen LogP contribution is 2.31. The fourth-order valence-corrected chi connectivity index (χ4v) is 4.67. The SMILES string of the molecule is CC(=O)N(c1ccccc1)c1nc(/C=C/C(=O)Nc2cc(C(N)=O)ccc2N2CCCC2)cs1. The van der Waals surface area contributed by atoms with E-state index < -0.39 is 5.91 Å². The summed E-state index contributed by atoms with van der Waals surface area (Å²) in [5.74, 6) is -1.07. The molecular formula is C25H25N5O3S. The Morgan fingerprint density at radius 1 is 1.12 bits per heavy atom. The Labute approximate surface area is 201 Å². The Kier molecular flexibility index (Phi) is 7.03. The summed E-state index contributed by atoms with van der Waals surface area (Å²) in [6.07, 6.45) is 5.13. The summed E-state index contributed by atoms with van der Waals surface area (Å²) in [7, 11) is 0. The third-order valence-corrected chi connectivity index (χ3v) is 6.27. The van der Waals surface area contributed by atoms with Crippen molar-refractivity contribution in [1.82, 2.24) is 4.98 Å². The van der Waals surface area contributed by atoms with Crippen LogP contribution in [-0.2, 0) is 9.59 Å². The van der Waals surface area contributed by atoms with Crippen LogP contribution < -0.4 is 20.9 Å². The Bertz CT molecular complexity index is 1230. The van der Waals surface area contributed by atoms with E-state index >= 15 is 0 Å². The number of hydrogen-bond acceptors (Lipinski definition) is 6. The van der Waals surface area contributed by atoms with Crippen LogP contribution in [0.3, 0.4) is 0 Å². The number of nitrogens with one attached hydrogen (secondary N) is 1. The van der Waals surface area contributed by atoms with Crippen LogP contribution in [0.5, 0.6) is 0 Å². The lowest BCUT2D eigenvalue weighted by molar-refractivity contribution is -0.116. The minimum absolute atomic E-state index is 0.155. The van der Waals surface area contributed by atoms with Crippen molar-refractivity contribution in [3.05, 3.63) is 71.2 Å². The maximum Gasteiger partial charge on any atom is 0.248 e. The number of carbonyl (C=O) groups is 3. The number of hydrogen-bond donors (Lipinski definition) is 2. The van der Waals surface area contributed by atoms with Crippen molar-refractivity contribution in [2.75, 3.05) is 28.2 Å². The van der Waals surface area contributed by atoms with Crippen molar-refractivity contribution >= 4 is 57.3 Å². The highest BCUT2D eigenvalue weighted by atomic mass is 32.1. The first-order valence-electron chi connectivity index (χ1n) is 10.9. The van der Waals surface area contributed by atoms with Gasteiger partial charge in [-0.15, -0.1) is 11.3 Å². The summed E-state index contributed by atoms with van der Waals surface area (Å²) in [6, 6.07) is 14.4. The Morgan fingerprint density at radius 2 is 1.85 bits per heavy atom. The average Bonchev–Trinajstić information content (AvgIpc) is 3.51. The molecule has 0 radical (unpaired) electrons. The third-order valence-electron chi connectivity index (χ3n) is 5.42. The van der Waals surface area contributed by atoms with Gasteiger partial charge in [0.2, 0.25) is 17.7 Å². The number of aromatic nitrogens is 1. The van der Waals surface area contributed by atoms with E-state index in [4.69, 9.17) is 5.73 Å². The predicted octanol–water partition coefficient (Wildman–Crippen LogP) is 4.18. The van der Waals surface area contributed by atoms with Crippen LogP contribution >= 0.6 is 11.3 Å². The molecule has 9 heteroatoms. The number of primary amides is 1. The van der Waals surface area contributed by atoms with E-state index in [0.717, 1.165) is 37.3 Å². The van der Waals surface area contributed by atoms with Gasteiger partial charge in [-0.05, 0) is 49.2 Å². The van der Waals surface area contributed by atoms with E-state index in [1.807, 2.05) is 36.4 Å². The first-order valence-corrected chi connectivity index (χ1v) is 11.8. The van der Waals surface area contributed by atoms with Crippen LogP contribution in [0.2, 0.25) is 0 Å². The molecule has 3 aromatic rings. The largest absolute Gasteiger partial charge is 0.370 e. The maximum atomic E-state index is 12.7. The number of nitrogens with two attached hydrogens (primary N) is 1. The van der Waals surface area contributed by atoms with Crippen LogP contribution in [0.25, 0.3) is 6.08 Å². The van der Waals surface area contributed by atoms with Crippen molar-refractivity contribution < 1.29 is 14.4 Å². The van der Waals surface area contributed by atoms with Crippen molar-refractivity contribution in [2.24, 2.45) is 5.73 Å². The molecule has 1 aliphatic heterocycles. The molecule has 34 heavy (non-hydrogen) atoms. The minimum Gasteiger partial charge on any atom is -0.370 e. The molecule has 0 saturated carbocycles. The van der Waals surface area contributed by atoms with Gasteiger partial charge in [-0.3, -0.25) is 19.3 Å². The van der Waals surface area contributed by atoms with Crippen molar-refractivity contribution in [3.8, 4) is 0 Å². The van der Waals surface area contributed by atoms with E-state index in [0.29, 0.717) is 22.1 Å². The molecule has 0 atom stereocenters. The normalized spacial score (nSPS) is 13.3. The lowest BCUT2D eigenvalue weighted by Gasteiger charge is -2.21. The van der Waals surface area contributed by atoms with Gasteiger partial charge in [-0.25, -0.2) is 4.98 Å². The van der Waals surface area contributed by atoms with Gasteiger partial charge in [0, 0.05) is 37.0 Å². The maximum absolute atomic E-state index is 12.7. The molecule has 0 aliphatic carbocycles. The standard InChI is InChI=1S/C25H25N5O3S/c1-17(31)30(20-7-3-2-4-8-20)25-27-19(16-34-25)10-12-23(32)28-21-15-18(24(26)33)9-11-22(21)29-13-5-6-14-29/h2-4,7-12,15-16H,5-6,13-14H2,1H3,(H2,26,33)(H,28,32)/b12-10+. The highest BCUT2D eigenvalue weighted by molar-refractivity contribution is 7.14. The molecule has 2 heterocycles. The first-order chi connectivity index (χ1) is 16.4. The monoisotopic (exact) mass is 475 g/mol. The van der Waals surface area contributed by atoms with Crippen LogP contribution in [0.4, 0.5) is 22.2 Å². The zero-order valence-corrected chi connectivity index (χ0v) is 19.5. The molecule has 1 fully saturated rings. The fraction of sp³-hybridized carbons (Fsp3) is 0.200. The topological polar surface area (TPSA) is 109 Å². The highest BCUT2D eigenvalue weighted by Gasteiger charge is 2.19. The second kappa shape index (κ2) is 10.3. The molecule has 8 nitrogen and oxygen atoms in total. The zero-order chi connectivity index (χ0) is 24.1. The molecule has 2 aromatic carbocycles. The molecular weight excluding hydrogens is 450 g/mol. The summed E-state index contributed by atoms with van der Waals surface area (Å²) >= 11 is 1.31. The lowest BCUT2D eigenvalue weighted by atomic mass is 10.1. The van der Waals surface area contributed by atoms with Crippen LogP contribution in [-0.4, -0.2) is 35.8 Å². The molecule has 4 rings (SSSR count). The van der Waals surface area contributed by atoms with Gasteiger partial charge in [-0.2, -0.15) is 0 Å².